The number of rotatable bonds is 9. The van der Waals surface area contributed by atoms with Gasteiger partial charge >= 0.3 is 0 Å². The first kappa shape index (κ1) is 23.4. The van der Waals surface area contributed by atoms with Gasteiger partial charge in [-0.3, -0.25) is 0 Å². The van der Waals surface area contributed by atoms with E-state index in [0.29, 0.717) is 11.1 Å². The Kier molecular flexibility index (Phi) is 14.7. The van der Waals surface area contributed by atoms with Crippen LogP contribution in [-0.2, 0) is 0 Å². The van der Waals surface area contributed by atoms with Crippen molar-refractivity contribution in [3.05, 3.63) is 35.7 Å². The number of hydrogen-bond acceptors (Lipinski definition) is 0. The third-order valence-corrected chi connectivity index (χ3v) is 4.04. The van der Waals surface area contributed by atoms with Crippen LogP contribution in [0.4, 0.5) is 4.39 Å². The van der Waals surface area contributed by atoms with Gasteiger partial charge in [0, 0.05) is 0 Å². The van der Waals surface area contributed by atoms with Gasteiger partial charge in [0.2, 0.25) is 0 Å². The molecule has 0 bridgehead atoms. The summed E-state index contributed by atoms with van der Waals surface area (Å²) in [6.45, 7) is 22.4. The predicted molar refractivity (Wildman–Crippen MR) is 101 cm³/mol. The van der Waals surface area contributed by atoms with Gasteiger partial charge in [0.05, 0.1) is 0 Å². The molecule has 2 unspecified atom stereocenters. The van der Waals surface area contributed by atoms with Gasteiger partial charge in [-0.1, -0.05) is 80.4 Å². The molecule has 0 N–H and O–H groups in total. The topological polar surface area (TPSA) is 0 Å². The molecule has 0 aromatic heterocycles. The lowest BCUT2D eigenvalue weighted by Crippen LogP contribution is -2.04. The normalized spacial score (nSPS) is 14.4. The first-order chi connectivity index (χ1) is 10.3. The van der Waals surface area contributed by atoms with E-state index < -0.39 is 0 Å². The van der Waals surface area contributed by atoms with Crippen LogP contribution in [0.3, 0.4) is 0 Å². The summed E-state index contributed by atoms with van der Waals surface area (Å²) >= 11 is 0. The van der Waals surface area contributed by atoms with Crippen LogP contribution in [0.15, 0.2) is 35.7 Å². The van der Waals surface area contributed by atoms with E-state index in [1.54, 1.807) is 6.92 Å². The zero-order chi connectivity index (χ0) is 17.7. The summed E-state index contributed by atoms with van der Waals surface area (Å²) in [6.07, 6.45) is 6.67. The van der Waals surface area contributed by atoms with E-state index in [4.69, 9.17) is 0 Å². The van der Waals surface area contributed by atoms with Crippen molar-refractivity contribution in [1.29, 1.82) is 0 Å². The summed E-state index contributed by atoms with van der Waals surface area (Å²) in [5, 5.41) is 0. The molecule has 0 aliphatic rings. The average molecular weight is 311 g/mol. The lowest BCUT2D eigenvalue weighted by atomic mass is 9.89. The molecule has 0 saturated heterocycles. The molecule has 0 spiro atoms. The van der Waals surface area contributed by atoms with Gasteiger partial charge in [-0.25, -0.2) is 4.39 Å². The Bertz CT molecular complexity index is 349. The summed E-state index contributed by atoms with van der Waals surface area (Å²) in [5.74, 6) is 0.778. The molecule has 0 fully saturated rings. The minimum Gasteiger partial charge on any atom is -0.206 e. The van der Waals surface area contributed by atoms with Gasteiger partial charge < -0.3 is 0 Å². The average Bonchev–Trinajstić information content (AvgIpc) is 2.50. The van der Waals surface area contributed by atoms with Crippen LogP contribution in [0.5, 0.6) is 0 Å². The van der Waals surface area contributed by atoms with E-state index >= 15 is 0 Å². The van der Waals surface area contributed by atoms with E-state index in [2.05, 4.69) is 47.8 Å². The molecular formula is C21H39F. The van der Waals surface area contributed by atoms with Crippen molar-refractivity contribution in [2.75, 3.05) is 0 Å². The smallest absolute Gasteiger partial charge is 0.129 e. The quantitative estimate of drug-likeness (QED) is 0.378. The van der Waals surface area contributed by atoms with Crippen molar-refractivity contribution in [2.45, 2.75) is 87.0 Å². The number of halogens is 1. The molecule has 0 nitrogen and oxygen atoms in total. The summed E-state index contributed by atoms with van der Waals surface area (Å²) in [4.78, 5) is 0. The Hall–Kier alpha value is -0.850. The van der Waals surface area contributed by atoms with Crippen molar-refractivity contribution in [3.63, 3.8) is 0 Å². The first-order valence-electron chi connectivity index (χ1n) is 9.00. The maximum atomic E-state index is 14.3. The zero-order valence-electron chi connectivity index (χ0n) is 16.2. The van der Waals surface area contributed by atoms with Crippen LogP contribution in [0, 0.1) is 11.8 Å². The lowest BCUT2D eigenvalue weighted by Gasteiger charge is -2.18. The van der Waals surface area contributed by atoms with E-state index in [9.17, 15) is 4.39 Å². The molecule has 0 radical (unpaired) electrons. The van der Waals surface area contributed by atoms with Gasteiger partial charge in [0.25, 0.3) is 0 Å². The molecule has 130 valence electrons. The third kappa shape index (κ3) is 9.97. The highest BCUT2D eigenvalue weighted by Crippen LogP contribution is 2.30. The van der Waals surface area contributed by atoms with Crippen molar-refractivity contribution in [3.8, 4) is 0 Å². The highest BCUT2D eigenvalue weighted by molar-refractivity contribution is 5.38. The summed E-state index contributed by atoms with van der Waals surface area (Å²) in [5.41, 5.74) is 2.17. The maximum Gasteiger partial charge on any atom is 0.129 e. The van der Waals surface area contributed by atoms with Gasteiger partial charge in [-0.05, 0) is 48.3 Å². The standard InChI is InChI=1S/C18H31F.C3H8/c1-8-10-13(3)11-12-15(5)17(7)18(19)16(6)14(4)9-2;1-3-2/h13,15H,4,7-12H2,1-3,5-6H3;3H2,1-2H3/b18-16+;. The minimum atomic E-state index is -0.150. The molecule has 0 aliphatic carbocycles. The summed E-state index contributed by atoms with van der Waals surface area (Å²) in [7, 11) is 0. The first-order valence-corrected chi connectivity index (χ1v) is 9.00. The van der Waals surface area contributed by atoms with Crippen molar-refractivity contribution >= 4 is 0 Å². The van der Waals surface area contributed by atoms with Gasteiger partial charge in [0.15, 0.2) is 0 Å². The van der Waals surface area contributed by atoms with E-state index in [1.165, 1.54) is 19.3 Å². The van der Waals surface area contributed by atoms with Crippen LogP contribution in [-0.4, -0.2) is 0 Å². The van der Waals surface area contributed by atoms with E-state index in [0.717, 1.165) is 30.8 Å². The monoisotopic (exact) mass is 310 g/mol. The van der Waals surface area contributed by atoms with Gasteiger partial charge in [0.1, 0.15) is 5.83 Å². The van der Waals surface area contributed by atoms with Crippen LogP contribution < -0.4 is 0 Å². The molecule has 0 amide bonds. The fraction of sp³-hybridized carbons (Fsp3) is 0.714. The minimum absolute atomic E-state index is 0.150. The maximum absolute atomic E-state index is 14.3. The summed E-state index contributed by atoms with van der Waals surface area (Å²) < 4.78 is 14.3. The second-order valence-corrected chi connectivity index (χ2v) is 6.50. The zero-order valence-corrected chi connectivity index (χ0v) is 16.2. The number of hydrogen-bond donors (Lipinski definition) is 0. The highest BCUT2D eigenvalue weighted by atomic mass is 19.1. The Labute approximate surface area is 139 Å². The molecule has 0 rings (SSSR count). The van der Waals surface area contributed by atoms with Gasteiger partial charge in [-0.2, -0.15) is 0 Å². The molecule has 22 heavy (non-hydrogen) atoms. The Morgan fingerprint density at radius 1 is 0.955 bits per heavy atom. The van der Waals surface area contributed by atoms with Crippen LogP contribution in [0.1, 0.15) is 87.0 Å². The fourth-order valence-corrected chi connectivity index (χ4v) is 2.22. The second kappa shape index (κ2) is 13.8. The molecule has 0 aromatic carbocycles. The fourth-order valence-electron chi connectivity index (χ4n) is 2.22. The molecule has 0 aliphatic heterocycles. The molecule has 0 aromatic rings. The third-order valence-electron chi connectivity index (χ3n) is 4.04. The Morgan fingerprint density at radius 2 is 1.45 bits per heavy atom. The molecule has 0 saturated carbocycles. The van der Waals surface area contributed by atoms with Crippen molar-refractivity contribution < 1.29 is 4.39 Å². The van der Waals surface area contributed by atoms with Gasteiger partial charge in [-0.15, -0.1) is 0 Å². The Morgan fingerprint density at radius 3 is 1.86 bits per heavy atom. The van der Waals surface area contributed by atoms with Crippen molar-refractivity contribution in [1.82, 2.24) is 0 Å². The summed E-state index contributed by atoms with van der Waals surface area (Å²) in [6, 6.07) is 0. The second-order valence-electron chi connectivity index (χ2n) is 6.50. The SMILES string of the molecule is C=C(CC)/C(C)=C(/F)C(=C)C(C)CCC(C)CCC.CCC. The largest absolute Gasteiger partial charge is 0.206 e. The lowest BCUT2D eigenvalue weighted by molar-refractivity contribution is 0.428. The molecular weight excluding hydrogens is 271 g/mol. The van der Waals surface area contributed by atoms with Crippen LogP contribution in [0.2, 0.25) is 0 Å². The molecule has 0 heterocycles. The Balaban J connectivity index is 0. The number of allylic oxidation sites excluding steroid dienone is 4. The molecule has 1 heteroatoms. The van der Waals surface area contributed by atoms with Crippen LogP contribution in [0.25, 0.3) is 0 Å². The van der Waals surface area contributed by atoms with Crippen LogP contribution >= 0.6 is 0 Å². The highest BCUT2D eigenvalue weighted by Gasteiger charge is 2.15. The van der Waals surface area contributed by atoms with E-state index in [1.807, 2.05) is 6.92 Å². The predicted octanol–water partition coefficient (Wildman–Crippen LogP) is 8.02. The van der Waals surface area contributed by atoms with E-state index in [-0.39, 0.29) is 11.7 Å². The molecule has 2 atom stereocenters. The van der Waals surface area contributed by atoms with Crippen molar-refractivity contribution in [2.24, 2.45) is 11.8 Å².